The maximum atomic E-state index is 6.30. The normalized spacial score (nSPS) is 34.6. The van der Waals surface area contributed by atoms with Crippen LogP contribution in [0.5, 0.6) is 0 Å². The molecule has 2 N–H and O–H groups in total. The number of hydrogen-bond acceptors (Lipinski definition) is 5. The van der Waals surface area contributed by atoms with Gasteiger partial charge in [0.2, 0.25) is 0 Å². The Morgan fingerprint density at radius 2 is 1.86 bits per heavy atom. The topological polar surface area (TPSA) is 51.0 Å². The van der Waals surface area contributed by atoms with Crippen LogP contribution in [0.3, 0.4) is 0 Å². The number of nitrogens with zero attached hydrogens (tertiary/aromatic N) is 2. The number of methoxy groups -OCH3 is 2. The van der Waals surface area contributed by atoms with E-state index in [1.165, 1.54) is 25.7 Å². The second kappa shape index (κ2) is 7.38. The lowest BCUT2D eigenvalue weighted by Crippen LogP contribution is -2.65. The molecule has 0 aromatic heterocycles. The molecule has 0 saturated carbocycles. The van der Waals surface area contributed by atoms with E-state index in [4.69, 9.17) is 15.2 Å². The highest BCUT2D eigenvalue weighted by Crippen LogP contribution is 2.42. The van der Waals surface area contributed by atoms with Gasteiger partial charge in [-0.05, 0) is 39.7 Å². The fourth-order valence-corrected chi connectivity index (χ4v) is 4.51. The first-order chi connectivity index (χ1) is 10.1. The van der Waals surface area contributed by atoms with E-state index in [1.807, 2.05) is 0 Å². The Bertz CT molecular complexity index is 313. The molecular weight excluding hydrogens is 266 g/mol. The second-order valence-corrected chi connectivity index (χ2v) is 6.88. The van der Waals surface area contributed by atoms with Crippen LogP contribution in [0.25, 0.3) is 0 Å². The van der Waals surface area contributed by atoms with Gasteiger partial charge in [0.1, 0.15) is 0 Å². The summed E-state index contributed by atoms with van der Waals surface area (Å²) < 4.78 is 10.7. The summed E-state index contributed by atoms with van der Waals surface area (Å²) in [7, 11) is 5.83. The second-order valence-electron chi connectivity index (χ2n) is 6.88. The summed E-state index contributed by atoms with van der Waals surface area (Å²) in [5.41, 5.74) is 6.41. The van der Waals surface area contributed by atoms with Gasteiger partial charge in [-0.3, -0.25) is 4.90 Å². The largest absolute Gasteiger partial charge is 0.383 e. The van der Waals surface area contributed by atoms with Gasteiger partial charge in [-0.1, -0.05) is 0 Å². The van der Waals surface area contributed by atoms with Crippen molar-refractivity contribution in [1.82, 2.24) is 9.80 Å². The van der Waals surface area contributed by atoms with Crippen molar-refractivity contribution in [2.75, 3.05) is 47.6 Å². The summed E-state index contributed by atoms with van der Waals surface area (Å²) in [5, 5.41) is 0. The van der Waals surface area contributed by atoms with Crippen LogP contribution in [-0.2, 0) is 9.47 Å². The highest BCUT2D eigenvalue weighted by Gasteiger charge is 2.49. The Morgan fingerprint density at radius 3 is 2.33 bits per heavy atom. The zero-order valence-corrected chi connectivity index (χ0v) is 14.2. The number of rotatable bonds is 8. The van der Waals surface area contributed by atoms with Crippen molar-refractivity contribution >= 4 is 0 Å². The van der Waals surface area contributed by atoms with Gasteiger partial charge in [-0.15, -0.1) is 0 Å². The van der Waals surface area contributed by atoms with Gasteiger partial charge in [0.15, 0.2) is 0 Å². The molecule has 2 bridgehead atoms. The van der Waals surface area contributed by atoms with Gasteiger partial charge in [-0.25, -0.2) is 0 Å². The maximum Gasteiger partial charge on any atom is 0.0615 e. The molecule has 2 fully saturated rings. The third-order valence-corrected chi connectivity index (χ3v) is 5.68. The smallest absolute Gasteiger partial charge is 0.0615 e. The molecule has 2 heterocycles. The zero-order chi connectivity index (χ0) is 15.5. The Hall–Kier alpha value is -0.200. The average Bonchev–Trinajstić information content (AvgIpc) is 2.71. The summed E-state index contributed by atoms with van der Waals surface area (Å²) in [6.45, 7) is 5.40. The molecule has 0 aromatic carbocycles. The number of fused-ring (bicyclic) bond motifs is 2. The fourth-order valence-electron chi connectivity index (χ4n) is 4.51. The van der Waals surface area contributed by atoms with E-state index in [0.29, 0.717) is 18.1 Å². The van der Waals surface area contributed by atoms with Crippen LogP contribution >= 0.6 is 0 Å². The van der Waals surface area contributed by atoms with Crippen molar-refractivity contribution in [2.24, 2.45) is 5.73 Å². The van der Waals surface area contributed by atoms with Crippen molar-refractivity contribution in [3.8, 4) is 0 Å². The van der Waals surface area contributed by atoms with Gasteiger partial charge < -0.3 is 20.1 Å². The monoisotopic (exact) mass is 299 g/mol. The van der Waals surface area contributed by atoms with E-state index in [2.05, 4.69) is 23.8 Å². The van der Waals surface area contributed by atoms with Crippen molar-refractivity contribution in [1.29, 1.82) is 0 Å². The minimum Gasteiger partial charge on any atom is -0.383 e. The van der Waals surface area contributed by atoms with Crippen LogP contribution in [0.4, 0.5) is 0 Å². The number of hydrogen-bond donors (Lipinski definition) is 1. The molecule has 0 amide bonds. The number of nitrogens with two attached hydrogens (primary N) is 1. The average molecular weight is 299 g/mol. The molecule has 3 unspecified atom stereocenters. The molecule has 5 heteroatoms. The molecule has 0 aliphatic carbocycles. The molecule has 0 spiro atoms. The molecule has 0 radical (unpaired) electrons. The molecule has 124 valence electrons. The van der Waals surface area contributed by atoms with Crippen molar-refractivity contribution in [2.45, 2.75) is 56.3 Å². The van der Waals surface area contributed by atoms with Crippen LogP contribution in [0.15, 0.2) is 0 Å². The third-order valence-electron chi connectivity index (χ3n) is 5.68. The predicted octanol–water partition coefficient (Wildman–Crippen LogP) is 0.924. The Morgan fingerprint density at radius 1 is 1.24 bits per heavy atom. The maximum absolute atomic E-state index is 6.30. The number of piperidine rings is 1. The standard InChI is InChI=1S/C16H33N3O2/c1-13(11-21-4)19(7-8-20-3)16(12-17)9-14-5-6-15(10-16)18(14)2/h13-15H,5-12,17H2,1-4H3. The predicted molar refractivity (Wildman–Crippen MR) is 85.5 cm³/mol. The summed E-state index contributed by atoms with van der Waals surface area (Å²) in [6.07, 6.45) is 4.99. The van der Waals surface area contributed by atoms with E-state index in [9.17, 15) is 0 Å². The van der Waals surface area contributed by atoms with Gasteiger partial charge in [-0.2, -0.15) is 0 Å². The molecule has 3 atom stereocenters. The first kappa shape index (κ1) is 17.2. The van der Waals surface area contributed by atoms with Gasteiger partial charge in [0.25, 0.3) is 0 Å². The van der Waals surface area contributed by atoms with E-state index < -0.39 is 0 Å². The highest BCUT2D eigenvalue weighted by atomic mass is 16.5. The lowest BCUT2D eigenvalue weighted by molar-refractivity contribution is -0.0470. The first-order valence-corrected chi connectivity index (χ1v) is 8.24. The van der Waals surface area contributed by atoms with E-state index in [1.54, 1.807) is 14.2 Å². The molecule has 2 aliphatic rings. The van der Waals surface area contributed by atoms with Crippen LogP contribution in [0.1, 0.15) is 32.6 Å². The lowest BCUT2D eigenvalue weighted by Gasteiger charge is -2.53. The molecule has 5 nitrogen and oxygen atoms in total. The summed E-state index contributed by atoms with van der Waals surface area (Å²) in [6, 6.07) is 1.75. The molecule has 2 aliphatic heterocycles. The first-order valence-electron chi connectivity index (χ1n) is 8.24. The van der Waals surface area contributed by atoms with Crippen molar-refractivity contribution in [3.05, 3.63) is 0 Å². The zero-order valence-electron chi connectivity index (χ0n) is 14.2. The third kappa shape index (κ3) is 3.42. The quantitative estimate of drug-likeness (QED) is 0.722. The highest BCUT2D eigenvalue weighted by molar-refractivity contribution is 5.07. The van der Waals surface area contributed by atoms with E-state index in [0.717, 1.165) is 26.3 Å². The Balaban J connectivity index is 2.18. The van der Waals surface area contributed by atoms with Crippen LogP contribution in [0.2, 0.25) is 0 Å². The van der Waals surface area contributed by atoms with Gasteiger partial charge >= 0.3 is 0 Å². The molecule has 0 aromatic rings. The van der Waals surface area contributed by atoms with Crippen molar-refractivity contribution in [3.63, 3.8) is 0 Å². The summed E-state index contributed by atoms with van der Waals surface area (Å²) in [5.74, 6) is 0. The van der Waals surface area contributed by atoms with Crippen LogP contribution in [0, 0.1) is 0 Å². The Labute approximate surface area is 129 Å². The number of ether oxygens (including phenoxy) is 2. The minimum absolute atomic E-state index is 0.106. The van der Waals surface area contributed by atoms with Crippen molar-refractivity contribution < 1.29 is 9.47 Å². The summed E-state index contributed by atoms with van der Waals surface area (Å²) >= 11 is 0. The lowest BCUT2D eigenvalue weighted by atomic mass is 9.80. The minimum atomic E-state index is 0.106. The molecule has 21 heavy (non-hydrogen) atoms. The molecule has 2 rings (SSSR count). The van der Waals surface area contributed by atoms with E-state index >= 15 is 0 Å². The molecular formula is C16H33N3O2. The Kier molecular flexibility index (Phi) is 6.03. The fraction of sp³-hybridized carbons (Fsp3) is 1.00. The van der Waals surface area contributed by atoms with Crippen LogP contribution in [-0.4, -0.2) is 81.0 Å². The summed E-state index contributed by atoms with van der Waals surface area (Å²) in [4.78, 5) is 5.14. The van der Waals surface area contributed by atoms with Crippen LogP contribution < -0.4 is 5.73 Å². The van der Waals surface area contributed by atoms with Gasteiger partial charge in [0, 0.05) is 51.0 Å². The van der Waals surface area contributed by atoms with Gasteiger partial charge in [0.05, 0.1) is 13.2 Å². The van der Waals surface area contributed by atoms with E-state index in [-0.39, 0.29) is 5.54 Å². The molecule has 2 saturated heterocycles. The SMILES string of the molecule is COCCN(C(C)COC)C1(CN)CC2CCC(C1)N2C.